The molecule has 0 amide bonds. The van der Waals surface area contributed by atoms with Gasteiger partial charge in [-0.05, 0) is 56.8 Å². The third-order valence-corrected chi connectivity index (χ3v) is 7.84. The predicted molar refractivity (Wildman–Crippen MR) is 114 cm³/mol. The first-order chi connectivity index (χ1) is 12.2. The van der Waals surface area contributed by atoms with Gasteiger partial charge in [0.05, 0.1) is 0 Å². The van der Waals surface area contributed by atoms with Gasteiger partial charge in [-0.15, -0.1) is 0 Å². The maximum Gasteiger partial charge on any atom is 0.333 e. The summed E-state index contributed by atoms with van der Waals surface area (Å²) in [6.07, 6.45) is 8.39. The van der Waals surface area contributed by atoms with E-state index in [2.05, 4.69) is 62.0 Å². The first-order valence-electron chi connectivity index (χ1n) is 11.1. The van der Waals surface area contributed by atoms with Gasteiger partial charge in [-0.2, -0.15) is 0 Å². The summed E-state index contributed by atoms with van der Waals surface area (Å²) < 4.78 is 6.36. The van der Waals surface area contributed by atoms with Gasteiger partial charge in [-0.25, -0.2) is 4.79 Å². The van der Waals surface area contributed by atoms with E-state index >= 15 is 0 Å². The van der Waals surface area contributed by atoms with Crippen LogP contribution in [0.1, 0.15) is 114 Å². The molecule has 0 saturated heterocycles. The third-order valence-electron chi connectivity index (χ3n) is 7.84. The fourth-order valence-corrected chi connectivity index (χ4v) is 6.45. The molecule has 2 heteroatoms. The zero-order valence-electron chi connectivity index (χ0n) is 19.3. The molecule has 0 rings (SSSR count). The lowest BCUT2D eigenvalue weighted by atomic mass is 9.45. The highest BCUT2D eigenvalue weighted by Gasteiger charge is 2.61. The summed E-state index contributed by atoms with van der Waals surface area (Å²) in [6, 6.07) is 0. The summed E-state index contributed by atoms with van der Waals surface area (Å²) in [5, 5.41) is 0. The SMILES string of the molecule is C=C(C)C(=O)OC(CC)(CC)C(CC)(CC)C(CC)(CC)C(CC)CC. The van der Waals surface area contributed by atoms with Crippen LogP contribution >= 0.6 is 0 Å². The van der Waals surface area contributed by atoms with Crippen LogP contribution in [0.2, 0.25) is 0 Å². The fourth-order valence-electron chi connectivity index (χ4n) is 6.45. The van der Waals surface area contributed by atoms with E-state index in [0.717, 1.165) is 38.5 Å². The molecule has 0 saturated carbocycles. The molecule has 0 aromatic heterocycles. The Kier molecular flexibility index (Phi) is 10.2. The maximum absolute atomic E-state index is 12.6. The first kappa shape index (κ1) is 25.2. The molecule has 0 fully saturated rings. The van der Waals surface area contributed by atoms with Gasteiger partial charge in [0, 0.05) is 11.0 Å². The largest absolute Gasteiger partial charge is 0.455 e. The van der Waals surface area contributed by atoms with Crippen molar-refractivity contribution in [3.63, 3.8) is 0 Å². The van der Waals surface area contributed by atoms with Gasteiger partial charge in [0.25, 0.3) is 0 Å². The number of hydrogen-bond acceptors (Lipinski definition) is 2. The molecule has 26 heavy (non-hydrogen) atoms. The maximum atomic E-state index is 12.6. The van der Waals surface area contributed by atoms with E-state index in [4.69, 9.17) is 4.74 Å². The number of carbonyl (C=O) groups is 1. The molecule has 0 unspecified atom stereocenters. The van der Waals surface area contributed by atoms with Crippen molar-refractivity contribution in [3.05, 3.63) is 12.2 Å². The number of esters is 1. The third kappa shape index (κ3) is 3.90. The van der Waals surface area contributed by atoms with Gasteiger partial charge < -0.3 is 4.74 Å². The molecule has 0 atom stereocenters. The smallest absolute Gasteiger partial charge is 0.333 e. The lowest BCUT2D eigenvalue weighted by Crippen LogP contribution is -2.61. The fraction of sp³-hybridized carbons (Fsp3) is 0.875. The molecule has 0 radical (unpaired) electrons. The van der Waals surface area contributed by atoms with Crippen molar-refractivity contribution in [1.29, 1.82) is 0 Å². The van der Waals surface area contributed by atoms with Crippen LogP contribution < -0.4 is 0 Å². The highest BCUT2D eigenvalue weighted by molar-refractivity contribution is 5.87. The molecule has 2 nitrogen and oxygen atoms in total. The topological polar surface area (TPSA) is 26.3 Å². The van der Waals surface area contributed by atoms with Crippen molar-refractivity contribution >= 4 is 5.97 Å². The Balaban J connectivity index is 6.77. The van der Waals surface area contributed by atoms with Crippen molar-refractivity contribution in [3.8, 4) is 0 Å². The van der Waals surface area contributed by atoms with E-state index in [1.165, 1.54) is 12.8 Å². The Morgan fingerprint density at radius 3 is 1.46 bits per heavy atom. The summed E-state index contributed by atoms with van der Waals surface area (Å²) in [6.45, 7) is 23.9. The zero-order chi connectivity index (χ0) is 20.6. The van der Waals surface area contributed by atoms with Crippen LogP contribution in [0, 0.1) is 16.7 Å². The van der Waals surface area contributed by atoms with Crippen LogP contribution in [-0.4, -0.2) is 11.6 Å². The summed E-state index contributed by atoms with van der Waals surface area (Å²) in [7, 11) is 0. The van der Waals surface area contributed by atoms with Crippen LogP contribution in [-0.2, 0) is 9.53 Å². The molecule has 0 aliphatic heterocycles. The lowest BCUT2D eigenvalue weighted by molar-refractivity contribution is -0.215. The van der Waals surface area contributed by atoms with E-state index in [-0.39, 0.29) is 16.8 Å². The summed E-state index contributed by atoms with van der Waals surface area (Å²) in [5.74, 6) is 0.407. The van der Waals surface area contributed by atoms with Crippen LogP contribution in [0.3, 0.4) is 0 Å². The van der Waals surface area contributed by atoms with Crippen molar-refractivity contribution in [2.45, 2.75) is 119 Å². The second kappa shape index (κ2) is 10.5. The summed E-state index contributed by atoms with van der Waals surface area (Å²) in [5.41, 5.74) is 0.190. The Morgan fingerprint density at radius 1 is 0.808 bits per heavy atom. The predicted octanol–water partition coefficient (Wildman–Crippen LogP) is 7.71. The minimum Gasteiger partial charge on any atom is -0.455 e. The average Bonchev–Trinajstić information content (AvgIpc) is 2.66. The molecule has 154 valence electrons. The normalized spacial score (nSPS) is 13.2. The molecule has 0 aromatic carbocycles. The van der Waals surface area contributed by atoms with Crippen LogP contribution in [0.5, 0.6) is 0 Å². The van der Waals surface area contributed by atoms with Gasteiger partial charge in [-0.3, -0.25) is 0 Å². The molecule has 0 spiro atoms. The Morgan fingerprint density at radius 2 is 1.23 bits per heavy atom. The number of carbonyl (C=O) groups excluding carboxylic acids is 1. The van der Waals surface area contributed by atoms with E-state index in [1.807, 2.05) is 0 Å². The van der Waals surface area contributed by atoms with Crippen LogP contribution in [0.15, 0.2) is 12.2 Å². The Hall–Kier alpha value is -0.790. The quantitative estimate of drug-likeness (QED) is 0.246. The summed E-state index contributed by atoms with van der Waals surface area (Å²) in [4.78, 5) is 12.6. The molecule has 0 N–H and O–H groups in total. The zero-order valence-corrected chi connectivity index (χ0v) is 19.3. The second-order valence-corrected chi connectivity index (χ2v) is 8.04. The monoisotopic (exact) mass is 366 g/mol. The van der Waals surface area contributed by atoms with Crippen molar-refractivity contribution < 1.29 is 9.53 Å². The van der Waals surface area contributed by atoms with Gasteiger partial charge in [0.15, 0.2) is 0 Å². The Labute approximate surface area is 164 Å². The minimum absolute atomic E-state index is 0.0329. The van der Waals surface area contributed by atoms with E-state index in [1.54, 1.807) is 6.92 Å². The molecule has 0 bridgehead atoms. The van der Waals surface area contributed by atoms with Crippen molar-refractivity contribution in [2.24, 2.45) is 16.7 Å². The molecular formula is C24H46O2. The molecule has 0 aliphatic rings. The molecule has 0 aromatic rings. The number of ether oxygens (including phenoxy) is 1. The van der Waals surface area contributed by atoms with Gasteiger partial charge in [0.2, 0.25) is 0 Å². The van der Waals surface area contributed by atoms with Crippen molar-refractivity contribution in [1.82, 2.24) is 0 Å². The number of hydrogen-bond donors (Lipinski definition) is 0. The highest BCUT2D eigenvalue weighted by Crippen LogP contribution is 2.63. The van der Waals surface area contributed by atoms with Crippen LogP contribution in [0.4, 0.5) is 0 Å². The van der Waals surface area contributed by atoms with Crippen LogP contribution in [0.25, 0.3) is 0 Å². The van der Waals surface area contributed by atoms with Crippen molar-refractivity contribution in [2.75, 3.05) is 0 Å². The van der Waals surface area contributed by atoms with E-state index in [9.17, 15) is 4.79 Å². The van der Waals surface area contributed by atoms with E-state index in [0.29, 0.717) is 11.5 Å². The average molecular weight is 367 g/mol. The molecule has 0 aliphatic carbocycles. The second-order valence-electron chi connectivity index (χ2n) is 8.04. The minimum atomic E-state index is -0.443. The molecular weight excluding hydrogens is 320 g/mol. The highest BCUT2D eigenvalue weighted by atomic mass is 16.6. The number of rotatable bonds is 13. The molecule has 0 heterocycles. The lowest BCUT2D eigenvalue weighted by Gasteiger charge is -2.62. The van der Waals surface area contributed by atoms with Gasteiger partial charge in [0.1, 0.15) is 5.60 Å². The Bertz CT molecular complexity index is 433. The first-order valence-corrected chi connectivity index (χ1v) is 11.1. The standard InChI is InChI=1S/C24H46O2/c1-11-20(12-2)22(13-3,14-4)23(15-5,16-6)24(17-7,18-8)26-21(25)19(9)10/h20H,9,11-18H2,1-8,10H3. The van der Waals surface area contributed by atoms with Gasteiger partial charge >= 0.3 is 5.97 Å². The van der Waals surface area contributed by atoms with E-state index < -0.39 is 5.60 Å². The summed E-state index contributed by atoms with van der Waals surface area (Å²) >= 11 is 0. The van der Waals surface area contributed by atoms with Gasteiger partial charge in [-0.1, -0.05) is 74.8 Å².